The first kappa shape index (κ1) is 33.3. The van der Waals surface area contributed by atoms with Crippen LogP contribution in [-0.4, -0.2) is 74.9 Å². The number of amides is 4. The third kappa shape index (κ3) is 9.94. The molecular weight excluding hydrogens is 572 g/mol. The average molecular weight is 609 g/mol. The summed E-state index contributed by atoms with van der Waals surface area (Å²) in [5.41, 5.74) is 13.7. The van der Waals surface area contributed by atoms with Crippen LogP contribution in [0.25, 0.3) is 10.9 Å². The molecular formula is C30H36N6O8. The van der Waals surface area contributed by atoms with Gasteiger partial charge in [-0.1, -0.05) is 48.5 Å². The summed E-state index contributed by atoms with van der Waals surface area (Å²) in [4.78, 5) is 76.9. The molecule has 0 bridgehead atoms. The highest BCUT2D eigenvalue weighted by atomic mass is 16.4. The number of para-hydroxylation sites is 1. The van der Waals surface area contributed by atoms with Crippen molar-refractivity contribution in [3.05, 3.63) is 71.9 Å². The van der Waals surface area contributed by atoms with Gasteiger partial charge in [0.25, 0.3) is 0 Å². The van der Waals surface area contributed by atoms with E-state index in [2.05, 4.69) is 20.9 Å². The number of aromatic amines is 1. The number of carbonyl (C=O) groups excluding carboxylic acids is 4. The number of rotatable bonds is 17. The summed E-state index contributed by atoms with van der Waals surface area (Å²) in [6, 6.07) is 11.0. The fourth-order valence-electron chi connectivity index (χ4n) is 4.59. The summed E-state index contributed by atoms with van der Waals surface area (Å²) in [6.07, 6.45) is 0.405. The van der Waals surface area contributed by atoms with E-state index in [4.69, 9.17) is 11.5 Å². The monoisotopic (exact) mass is 608 g/mol. The topological polar surface area (TPSA) is 247 Å². The number of hydrogen-bond donors (Lipinski definition) is 8. The van der Waals surface area contributed by atoms with E-state index < -0.39 is 66.2 Å². The molecule has 0 fully saturated rings. The van der Waals surface area contributed by atoms with Crippen LogP contribution in [0.2, 0.25) is 0 Å². The summed E-state index contributed by atoms with van der Waals surface area (Å²) in [5, 5.41) is 26.9. The summed E-state index contributed by atoms with van der Waals surface area (Å²) >= 11 is 0. The van der Waals surface area contributed by atoms with E-state index in [1.807, 2.05) is 24.3 Å². The van der Waals surface area contributed by atoms with Crippen molar-refractivity contribution in [2.24, 2.45) is 11.5 Å². The van der Waals surface area contributed by atoms with Crippen LogP contribution in [0.5, 0.6) is 0 Å². The van der Waals surface area contributed by atoms with Crippen molar-refractivity contribution in [1.29, 1.82) is 0 Å². The second-order valence-corrected chi connectivity index (χ2v) is 10.3. The van der Waals surface area contributed by atoms with Crippen LogP contribution in [0.4, 0.5) is 0 Å². The van der Waals surface area contributed by atoms with E-state index in [1.54, 1.807) is 36.5 Å². The van der Waals surface area contributed by atoms with Crippen LogP contribution < -0.4 is 27.4 Å². The van der Waals surface area contributed by atoms with Crippen molar-refractivity contribution in [3.63, 3.8) is 0 Å². The zero-order chi connectivity index (χ0) is 32.2. The SMILES string of the molecule is NC(=O)CCC(NC(=O)C(CCC(=O)O)NC(=O)C(Cc1ccccc1)NC(=O)C(N)Cc1c[nH]c2ccccc12)C(=O)O. The Morgan fingerprint density at radius 2 is 1.32 bits per heavy atom. The number of benzene rings is 2. The molecule has 2 aromatic carbocycles. The minimum Gasteiger partial charge on any atom is -0.481 e. The molecule has 1 heterocycles. The maximum Gasteiger partial charge on any atom is 0.326 e. The molecule has 3 aromatic rings. The van der Waals surface area contributed by atoms with Crippen molar-refractivity contribution in [3.8, 4) is 0 Å². The van der Waals surface area contributed by atoms with Crippen molar-refractivity contribution in [2.45, 2.75) is 62.7 Å². The molecule has 0 spiro atoms. The number of fused-ring (bicyclic) bond motifs is 1. The van der Waals surface area contributed by atoms with Crippen LogP contribution >= 0.6 is 0 Å². The molecule has 14 nitrogen and oxygen atoms in total. The Hall–Kier alpha value is -5.24. The molecule has 234 valence electrons. The van der Waals surface area contributed by atoms with Gasteiger partial charge in [0.05, 0.1) is 6.04 Å². The number of hydrogen-bond acceptors (Lipinski definition) is 7. The largest absolute Gasteiger partial charge is 0.481 e. The number of nitrogens with two attached hydrogens (primary N) is 2. The number of carbonyl (C=O) groups is 6. The summed E-state index contributed by atoms with van der Waals surface area (Å²) < 4.78 is 0. The standard InChI is InChI=1S/C30H36N6O8/c31-20(15-18-16-33-21-9-5-4-8-19(18)21)27(40)36-24(14-17-6-2-1-3-7-17)29(42)34-22(11-13-26(38)39)28(41)35-23(30(43)44)10-12-25(32)37/h1-9,16,20,22-24,33H,10-15,31H2,(H2,32,37)(H,34,42)(H,35,41)(H,36,40)(H,38,39)(H,43,44). The highest BCUT2D eigenvalue weighted by molar-refractivity contribution is 5.95. The normalized spacial score (nSPS) is 13.7. The maximum absolute atomic E-state index is 13.5. The summed E-state index contributed by atoms with van der Waals surface area (Å²) in [6.45, 7) is 0. The van der Waals surface area contributed by atoms with Gasteiger partial charge >= 0.3 is 11.9 Å². The quantitative estimate of drug-likeness (QED) is 0.102. The van der Waals surface area contributed by atoms with Crippen LogP contribution in [0.15, 0.2) is 60.8 Å². The highest BCUT2D eigenvalue weighted by Gasteiger charge is 2.31. The molecule has 14 heteroatoms. The molecule has 0 radical (unpaired) electrons. The second kappa shape index (κ2) is 15.8. The molecule has 3 rings (SSSR count). The van der Waals surface area contributed by atoms with Crippen molar-refractivity contribution < 1.29 is 39.0 Å². The van der Waals surface area contributed by atoms with Gasteiger partial charge in [0, 0.05) is 36.4 Å². The Bertz CT molecular complexity index is 1490. The van der Waals surface area contributed by atoms with Gasteiger partial charge in [0.2, 0.25) is 23.6 Å². The number of aliphatic carboxylic acids is 2. The molecule has 4 atom stereocenters. The van der Waals surface area contributed by atoms with E-state index in [9.17, 15) is 39.0 Å². The third-order valence-electron chi connectivity index (χ3n) is 6.94. The van der Waals surface area contributed by atoms with E-state index in [1.165, 1.54) is 0 Å². The van der Waals surface area contributed by atoms with Crippen LogP contribution in [0.1, 0.15) is 36.8 Å². The molecule has 0 saturated carbocycles. The molecule has 0 aliphatic rings. The summed E-state index contributed by atoms with van der Waals surface area (Å²) in [7, 11) is 0. The molecule has 1 aromatic heterocycles. The number of H-pyrrole nitrogens is 1. The molecule has 4 unspecified atom stereocenters. The fraction of sp³-hybridized carbons (Fsp3) is 0.333. The summed E-state index contributed by atoms with van der Waals surface area (Å²) in [5.74, 6) is -5.88. The number of carboxylic acids is 2. The molecule has 0 aliphatic carbocycles. The number of carboxylic acid groups (broad SMARTS) is 2. The number of nitrogens with one attached hydrogen (secondary N) is 4. The minimum absolute atomic E-state index is 0.0157. The zero-order valence-electron chi connectivity index (χ0n) is 23.8. The van der Waals surface area contributed by atoms with Gasteiger partial charge in [-0.2, -0.15) is 0 Å². The van der Waals surface area contributed by atoms with Gasteiger partial charge in [-0.25, -0.2) is 4.79 Å². The minimum atomic E-state index is -1.51. The van der Waals surface area contributed by atoms with Crippen molar-refractivity contribution in [2.75, 3.05) is 0 Å². The Morgan fingerprint density at radius 3 is 1.98 bits per heavy atom. The predicted octanol–water partition coefficient (Wildman–Crippen LogP) is -0.0503. The van der Waals surface area contributed by atoms with Gasteiger partial charge in [-0.15, -0.1) is 0 Å². The molecule has 10 N–H and O–H groups in total. The Balaban J connectivity index is 1.78. The lowest BCUT2D eigenvalue weighted by Crippen LogP contribution is -2.57. The van der Waals surface area contributed by atoms with Gasteiger partial charge in [0.1, 0.15) is 18.1 Å². The highest BCUT2D eigenvalue weighted by Crippen LogP contribution is 2.19. The molecule has 44 heavy (non-hydrogen) atoms. The number of aromatic nitrogens is 1. The van der Waals surface area contributed by atoms with Crippen LogP contribution in [0, 0.1) is 0 Å². The first-order valence-electron chi connectivity index (χ1n) is 13.9. The lowest BCUT2D eigenvalue weighted by atomic mass is 10.0. The first-order chi connectivity index (χ1) is 20.9. The smallest absolute Gasteiger partial charge is 0.326 e. The van der Waals surface area contributed by atoms with E-state index >= 15 is 0 Å². The molecule has 4 amide bonds. The van der Waals surface area contributed by atoms with Crippen LogP contribution in [-0.2, 0) is 41.6 Å². The van der Waals surface area contributed by atoms with Gasteiger partial charge < -0.3 is 42.6 Å². The molecule has 0 saturated heterocycles. The fourth-order valence-corrected chi connectivity index (χ4v) is 4.59. The van der Waals surface area contributed by atoms with Gasteiger partial charge in [-0.3, -0.25) is 24.0 Å². The van der Waals surface area contributed by atoms with E-state index in [0.29, 0.717) is 5.56 Å². The Labute approximate surface area is 252 Å². The van der Waals surface area contributed by atoms with Crippen LogP contribution in [0.3, 0.4) is 0 Å². The number of primary amides is 1. The average Bonchev–Trinajstić information content (AvgIpc) is 3.39. The Kier molecular flexibility index (Phi) is 12.0. The predicted molar refractivity (Wildman–Crippen MR) is 159 cm³/mol. The lowest BCUT2D eigenvalue weighted by Gasteiger charge is -2.25. The zero-order valence-corrected chi connectivity index (χ0v) is 23.8. The molecule has 0 aliphatic heterocycles. The lowest BCUT2D eigenvalue weighted by molar-refractivity contribution is -0.143. The maximum atomic E-state index is 13.5. The van der Waals surface area contributed by atoms with Gasteiger partial charge in [0.15, 0.2) is 0 Å². The Morgan fingerprint density at radius 1 is 0.727 bits per heavy atom. The third-order valence-corrected chi connectivity index (χ3v) is 6.94. The van der Waals surface area contributed by atoms with E-state index in [0.717, 1.165) is 16.5 Å². The van der Waals surface area contributed by atoms with Crippen molar-refractivity contribution in [1.82, 2.24) is 20.9 Å². The second-order valence-electron chi connectivity index (χ2n) is 10.3. The van der Waals surface area contributed by atoms with Gasteiger partial charge in [-0.05, 0) is 36.5 Å². The first-order valence-corrected chi connectivity index (χ1v) is 13.9. The van der Waals surface area contributed by atoms with E-state index in [-0.39, 0.29) is 32.1 Å². The van der Waals surface area contributed by atoms with Crippen molar-refractivity contribution >= 4 is 46.5 Å².